The predicted molar refractivity (Wildman–Crippen MR) is 51.2 cm³/mol. The number of hydrogen-bond acceptors (Lipinski definition) is 3. The molecule has 0 aromatic carbocycles. The minimum Gasteiger partial charge on any atom is -0.328 e. The van der Waals surface area contributed by atoms with Crippen LogP contribution in [0.3, 0.4) is 0 Å². The van der Waals surface area contributed by atoms with Gasteiger partial charge in [-0.05, 0) is 0 Å². The van der Waals surface area contributed by atoms with Gasteiger partial charge in [0.15, 0.2) is 11.2 Å². The highest BCUT2D eigenvalue weighted by Crippen LogP contribution is 2.01. The van der Waals surface area contributed by atoms with Crippen molar-refractivity contribution in [1.29, 1.82) is 0 Å². The van der Waals surface area contributed by atoms with Gasteiger partial charge in [0.2, 0.25) is 0 Å². The van der Waals surface area contributed by atoms with Gasteiger partial charge in [0.05, 0.1) is 6.30 Å². The van der Waals surface area contributed by atoms with Gasteiger partial charge in [0.25, 0.3) is 5.56 Å². The van der Waals surface area contributed by atoms with Crippen molar-refractivity contribution in [3.05, 3.63) is 27.1 Å². The molecule has 2 aromatic heterocycles. The van der Waals surface area contributed by atoms with Crippen molar-refractivity contribution in [3.8, 4) is 0 Å². The molecule has 0 aliphatic rings. The average molecular weight is 201 g/mol. The van der Waals surface area contributed by atoms with E-state index in [1.807, 2.05) is 0 Å². The van der Waals surface area contributed by atoms with E-state index in [1.54, 1.807) is 0 Å². The zero-order valence-electron chi connectivity index (χ0n) is 14.1. The summed E-state index contributed by atoms with van der Waals surface area (Å²) in [5.41, 5.74) is -3.47. The van der Waals surface area contributed by atoms with Crippen molar-refractivity contribution in [1.82, 2.24) is 18.7 Å². The topological polar surface area (TPSA) is 61.8 Å². The molecule has 0 bridgehead atoms. The summed E-state index contributed by atoms with van der Waals surface area (Å²) in [6.45, 7) is -5.88. The predicted octanol–water partition coefficient (Wildman–Crippen LogP) is -1.03. The number of fused-ring (bicyclic) bond motifs is 1. The van der Waals surface area contributed by atoms with Crippen molar-refractivity contribution in [3.63, 3.8) is 0 Å². The molecule has 14 heavy (non-hydrogen) atoms. The van der Waals surface area contributed by atoms with E-state index in [1.165, 1.54) is 0 Å². The average Bonchev–Trinajstić information content (AvgIpc) is 2.61. The molecule has 0 N–H and O–H groups in total. The van der Waals surface area contributed by atoms with Crippen molar-refractivity contribution in [2.45, 2.75) is 0 Å². The molecule has 0 saturated carbocycles. The molecule has 0 aliphatic heterocycles. The number of rotatable bonds is 0. The third kappa shape index (κ3) is 0.876. The van der Waals surface area contributed by atoms with Crippen molar-refractivity contribution in [2.24, 2.45) is 21.0 Å². The molecule has 2 heterocycles. The maximum absolute atomic E-state index is 12.1. The van der Waals surface area contributed by atoms with Gasteiger partial charge in [-0.1, -0.05) is 0 Å². The van der Waals surface area contributed by atoms with E-state index in [0.717, 1.165) is 7.05 Å². The third-order valence-corrected chi connectivity index (χ3v) is 1.89. The second-order valence-corrected chi connectivity index (χ2v) is 2.70. The first kappa shape index (κ1) is 3.72. The Balaban J connectivity index is 3.18. The smallest absolute Gasteiger partial charge is 0.328 e. The first-order chi connectivity index (χ1) is 9.37. The van der Waals surface area contributed by atoms with Crippen LogP contribution < -0.4 is 11.2 Å². The van der Waals surface area contributed by atoms with E-state index in [4.69, 9.17) is 9.60 Å². The number of aromatic nitrogens is 4. The summed E-state index contributed by atoms with van der Waals surface area (Å²) in [5, 5.41) is 0. The van der Waals surface area contributed by atoms with E-state index in [9.17, 15) is 9.59 Å². The Kier molecular flexibility index (Phi) is 0.682. The zero-order chi connectivity index (χ0) is 16.3. The quantitative estimate of drug-likeness (QED) is 0.547. The summed E-state index contributed by atoms with van der Waals surface area (Å²) in [4.78, 5) is 27.5. The third-order valence-electron chi connectivity index (χ3n) is 1.89. The van der Waals surface area contributed by atoms with E-state index in [0.29, 0.717) is 9.13 Å². The zero-order valence-corrected chi connectivity index (χ0v) is 7.11. The maximum atomic E-state index is 12.1. The van der Waals surface area contributed by atoms with Gasteiger partial charge in [-0.2, -0.15) is 0 Å². The molecule has 0 fully saturated rings. The lowest BCUT2D eigenvalue weighted by atomic mass is 10.5. The van der Waals surface area contributed by atoms with Gasteiger partial charge in [-0.3, -0.25) is 13.9 Å². The molecule has 0 radical (unpaired) electrons. The Morgan fingerprint density at radius 2 is 2.21 bits per heavy atom. The molecule has 6 heteroatoms. The summed E-state index contributed by atoms with van der Waals surface area (Å²) in [5.74, 6) is 0. The van der Waals surface area contributed by atoms with Crippen LogP contribution in [-0.4, -0.2) is 18.7 Å². The second kappa shape index (κ2) is 2.57. The van der Waals surface area contributed by atoms with Crippen LogP contribution in [0.1, 0.15) is 9.60 Å². The largest absolute Gasteiger partial charge is 0.332 e. The number of hydrogen-bond donors (Lipinski definition) is 0. The fourth-order valence-corrected chi connectivity index (χ4v) is 1.13. The lowest BCUT2D eigenvalue weighted by Crippen LogP contribution is -2.37. The fourth-order valence-electron chi connectivity index (χ4n) is 1.13. The van der Waals surface area contributed by atoms with Crippen LogP contribution in [0.25, 0.3) is 11.2 Å². The van der Waals surface area contributed by atoms with E-state index in [2.05, 4.69) is 4.98 Å². The van der Waals surface area contributed by atoms with E-state index < -0.39 is 42.7 Å². The van der Waals surface area contributed by atoms with Crippen LogP contribution in [0.5, 0.6) is 0 Å². The summed E-state index contributed by atoms with van der Waals surface area (Å²) in [7, 11) is 1.02. The van der Waals surface area contributed by atoms with Crippen molar-refractivity contribution < 1.29 is 9.60 Å². The second-order valence-electron chi connectivity index (χ2n) is 2.70. The summed E-state index contributed by atoms with van der Waals surface area (Å²) < 4.78 is 52.5. The Labute approximate surface area is 88.9 Å². The highest BCUT2D eigenvalue weighted by atomic mass is 16.2. The van der Waals surface area contributed by atoms with Crippen LogP contribution in [0, 0.1) is 0 Å². The summed E-state index contributed by atoms with van der Waals surface area (Å²) >= 11 is 0. The Hall–Kier alpha value is -1.85. The number of aryl methyl sites for hydroxylation is 2. The van der Waals surface area contributed by atoms with Gasteiger partial charge >= 0.3 is 5.69 Å². The molecule has 74 valence electrons. The Bertz CT molecular complexity index is 838. The molecule has 2 rings (SSSR count). The molecule has 0 unspecified atom stereocenters. The Morgan fingerprint density at radius 1 is 1.43 bits per heavy atom. The van der Waals surface area contributed by atoms with Crippen LogP contribution in [0.15, 0.2) is 15.9 Å². The fraction of sp³-hybridized carbons (Fsp3) is 0.375. The molecule has 0 atom stereocenters. The molecule has 0 spiro atoms. The molecular weight excluding hydrogens is 184 g/mol. The van der Waals surface area contributed by atoms with Crippen molar-refractivity contribution in [2.75, 3.05) is 0 Å². The minimum atomic E-state index is -2.97. The molecule has 0 aliphatic carbocycles. The highest BCUT2D eigenvalue weighted by molar-refractivity contribution is 5.69. The molecule has 2 aromatic rings. The maximum Gasteiger partial charge on any atom is 0.332 e. The van der Waals surface area contributed by atoms with Gasteiger partial charge in [0, 0.05) is 29.2 Å². The first-order valence-corrected chi connectivity index (χ1v) is 3.59. The summed E-state index contributed by atoms with van der Waals surface area (Å²) in [6, 6.07) is 0. The standard InChI is InChI=1S/C8H10N4O2/c1-10-4-9-6-5(10)7(13)12(3)8(14)11(6)2/h4H,1-3H3/i1D3,2D3,4D. The molecular formula is C8H10N4O2. The lowest BCUT2D eigenvalue weighted by molar-refractivity contribution is 0.705. The monoisotopic (exact) mass is 201 g/mol. The van der Waals surface area contributed by atoms with Crippen LogP contribution >= 0.6 is 0 Å². The van der Waals surface area contributed by atoms with Gasteiger partial charge < -0.3 is 4.57 Å². The lowest BCUT2D eigenvalue weighted by Gasteiger charge is -2.02. The normalized spacial score (nSPS) is 20.2. The van der Waals surface area contributed by atoms with Crippen molar-refractivity contribution >= 4 is 11.2 Å². The molecule has 0 amide bonds. The first-order valence-electron chi connectivity index (χ1n) is 7.09. The van der Waals surface area contributed by atoms with E-state index >= 15 is 0 Å². The van der Waals surface area contributed by atoms with E-state index in [-0.39, 0.29) is 4.57 Å². The van der Waals surface area contributed by atoms with Gasteiger partial charge in [-0.25, -0.2) is 9.78 Å². The van der Waals surface area contributed by atoms with Gasteiger partial charge in [0.1, 0.15) is 1.37 Å². The van der Waals surface area contributed by atoms with Crippen LogP contribution in [-0.2, 0) is 21.0 Å². The highest BCUT2D eigenvalue weighted by Gasteiger charge is 2.11. The molecule has 0 saturated heterocycles. The van der Waals surface area contributed by atoms with Crippen LogP contribution in [0.4, 0.5) is 0 Å². The minimum absolute atomic E-state index is 0.226. The number of imidazole rings is 1. The van der Waals surface area contributed by atoms with Gasteiger partial charge in [-0.15, -0.1) is 0 Å². The SMILES string of the molecule is [2H]c1nc2c(c(=O)n(C)c(=O)n2C([2H])([2H])[2H])n1C([2H])([2H])[2H]. The Morgan fingerprint density at radius 3 is 2.86 bits per heavy atom. The summed E-state index contributed by atoms with van der Waals surface area (Å²) in [6.07, 6.45) is -0.828. The molecule has 6 nitrogen and oxygen atoms in total. The van der Waals surface area contributed by atoms with Crippen LogP contribution in [0.2, 0.25) is 0 Å². The number of nitrogens with zero attached hydrogens (tertiary/aromatic N) is 4.